The van der Waals surface area contributed by atoms with E-state index in [1.165, 1.54) is 44.7 Å². The van der Waals surface area contributed by atoms with Crippen LogP contribution in [0.4, 0.5) is 10.1 Å². The molecule has 0 bridgehead atoms. The summed E-state index contributed by atoms with van der Waals surface area (Å²) in [7, 11) is -1.07. The summed E-state index contributed by atoms with van der Waals surface area (Å²) < 4.78 is 52.7. The zero-order valence-electron chi connectivity index (χ0n) is 14.7. The Labute approximate surface area is 156 Å². The summed E-state index contributed by atoms with van der Waals surface area (Å²) in [6, 6.07) is 10.5. The zero-order valence-corrected chi connectivity index (χ0v) is 15.5. The first-order chi connectivity index (χ1) is 12.9. The van der Waals surface area contributed by atoms with Crippen LogP contribution in [0.1, 0.15) is 5.56 Å². The number of nitrogens with one attached hydrogen (secondary N) is 1. The number of benzene rings is 2. The number of anilines is 1. The predicted octanol–water partition coefficient (Wildman–Crippen LogP) is 2.89. The van der Waals surface area contributed by atoms with Crippen LogP contribution in [-0.4, -0.2) is 32.4 Å². The monoisotopic (exact) mass is 391 g/mol. The van der Waals surface area contributed by atoms with Gasteiger partial charge in [0.2, 0.25) is 0 Å². The largest absolute Gasteiger partial charge is 0.497 e. The number of halogens is 1. The molecule has 142 valence electrons. The van der Waals surface area contributed by atoms with Gasteiger partial charge in [0.05, 0.1) is 32.6 Å². The third-order valence-electron chi connectivity index (χ3n) is 3.80. The molecule has 3 aromatic rings. The van der Waals surface area contributed by atoms with Crippen LogP contribution in [0.15, 0.2) is 59.8 Å². The van der Waals surface area contributed by atoms with Crippen LogP contribution in [0.25, 0.3) is 0 Å². The summed E-state index contributed by atoms with van der Waals surface area (Å²) in [5.41, 5.74) is 1.13. The molecule has 2 aromatic carbocycles. The van der Waals surface area contributed by atoms with Crippen molar-refractivity contribution < 1.29 is 22.3 Å². The van der Waals surface area contributed by atoms with Crippen LogP contribution >= 0.6 is 0 Å². The lowest BCUT2D eigenvalue weighted by Crippen LogP contribution is -2.14. The minimum absolute atomic E-state index is 0.0457. The van der Waals surface area contributed by atoms with Crippen molar-refractivity contribution in [1.82, 2.24) is 9.78 Å². The molecule has 0 amide bonds. The van der Waals surface area contributed by atoms with E-state index in [9.17, 15) is 12.8 Å². The van der Waals surface area contributed by atoms with Crippen molar-refractivity contribution >= 4 is 15.7 Å². The summed E-state index contributed by atoms with van der Waals surface area (Å²) in [4.78, 5) is -0.0457. The molecule has 1 N–H and O–H groups in total. The Bertz CT molecular complexity index is 1030. The lowest BCUT2D eigenvalue weighted by atomic mass is 10.2. The number of hydrogen-bond acceptors (Lipinski definition) is 5. The third kappa shape index (κ3) is 4.37. The molecule has 3 rings (SSSR count). The van der Waals surface area contributed by atoms with Crippen LogP contribution < -0.4 is 14.2 Å². The normalized spacial score (nSPS) is 11.2. The van der Waals surface area contributed by atoms with Crippen LogP contribution in [0, 0.1) is 5.82 Å². The van der Waals surface area contributed by atoms with E-state index in [0.29, 0.717) is 18.0 Å². The molecule has 0 aliphatic carbocycles. The van der Waals surface area contributed by atoms with Gasteiger partial charge in [-0.05, 0) is 29.8 Å². The number of methoxy groups -OCH3 is 2. The molecule has 0 fully saturated rings. The zero-order chi connectivity index (χ0) is 19.4. The van der Waals surface area contributed by atoms with E-state index in [-0.39, 0.29) is 16.5 Å². The molecule has 9 heteroatoms. The molecule has 0 aliphatic rings. The van der Waals surface area contributed by atoms with Crippen molar-refractivity contribution in [1.29, 1.82) is 0 Å². The first-order valence-electron chi connectivity index (χ1n) is 7.93. The quantitative estimate of drug-likeness (QED) is 0.670. The average molecular weight is 391 g/mol. The van der Waals surface area contributed by atoms with Crippen molar-refractivity contribution in [2.75, 3.05) is 18.9 Å². The van der Waals surface area contributed by atoms with Crippen molar-refractivity contribution in [3.63, 3.8) is 0 Å². The van der Waals surface area contributed by atoms with Crippen molar-refractivity contribution in [3.8, 4) is 11.5 Å². The van der Waals surface area contributed by atoms with Crippen LogP contribution in [0.2, 0.25) is 0 Å². The number of hydrogen-bond donors (Lipinski definition) is 1. The van der Waals surface area contributed by atoms with E-state index in [1.807, 2.05) is 0 Å². The number of rotatable bonds is 7. The molecule has 0 atom stereocenters. The van der Waals surface area contributed by atoms with E-state index in [2.05, 4.69) is 9.82 Å². The molecule has 1 heterocycles. The molecule has 0 aliphatic heterocycles. The molecule has 0 saturated heterocycles. The molecule has 1 aromatic heterocycles. The maximum atomic E-state index is 13.0. The Kier molecular flexibility index (Phi) is 5.31. The van der Waals surface area contributed by atoms with Gasteiger partial charge in [0, 0.05) is 12.3 Å². The van der Waals surface area contributed by atoms with Gasteiger partial charge >= 0.3 is 0 Å². The molecular formula is C18H18FN3O4S. The molecule has 7 nitrogen and oxygen atoms in total. The second-order valence-electron chi connectivity index (χ2n) is 5.68. The van der Waals surface area contributed by atoms with Crippen molar-refractivity contribution in [2.24, 2.45) is 0 Å². The van der Waals surface area contributed by atoms with E-state index in [0.717, 1.165) is 5.56 Å². The lowest BCUT2D eigenvalue weighted by Gasteiger charge is -2.11. The summed E-state index contributed by atoms with van der Waals surface area (Å²) in [6.45, 7) is 0.379. The highest BCUT2D eigenvalue weighted by Crippen LogP contribution is 2.29. The van der Waals surface area contributed by atoms with Crippen molar-refractivity contribution in [2.45, 2.75) is 11.4 Å². The minimum Gasteiger partial charge on any atom is -0.497 e. The maximum absolute atomic E-state index is 13.0. The molecule has 0 unspecified atom stereocenters. The topological polar surface area (TPSA) is 82.4 Å². The molecule has 0 spiro atoms. The highest BCUT2D eigenvalue weighted by Gasteiger charge is 2.21. The maximum Gasteiger partial charge on any atom is 0.265 e. The van der Waals surface area contributed by atoms with Gasteiger partial charge in [0.25, 0.3) is 10.0 Å². The first kappa shape index (κ1) is 18.7. The van der Waals surface area contributed by atoms with Gasteiger partial charge in [-0.1, -0.05) is 12.1 Å². The molecule has 27 heavy (non-hydrogen) atoms. The Morgan fingerprint density at radius 2 is 1.85 bits per heavy atom. The second kappa shape index (κ2) is 7.67. The SMILES string of the molecule is COc1ccc(OC)c(S(=O)(=O)Nc2cnn(Cc3ccc(F)cc3)c2)c1. The standard InChI is InChI=1S/C18H18FN3O4S/c1-25-16-7-8-17(26-2)18(9-16)27(23,24)21-15-10-20-22(12-15)11-13-3-5-14(19)6-4-13/h3-10,12,21H,11H2,1-2H3. The van der Waals surface area contributed by atoms with E-state index >= 15 is 0 Å². The number of nitrogens with zero attached hydrogens (tertiary/aromatic N) is 2. The molecule has 0 radical (unpaired) electrons. The van der Waals surface area contributed by atoms with Gasteiger partial charge in [0.1, 0.15) is 22.2 Å². The van der Waals surface area contributed by atoms with Crippen LogP contribution in [0.3, 0.4) is 0 Å². The van der Waals surface area contributed by atoms with Crippen molar-refractivity contribution in [3.05, 3.63) is 66.2 Å². The molecule has 0 saturated carbocycles. The Morgan fingerprint density at radius 3 is 2.52 bits per heavy atom. The van der Waals surface area contributed by atoms with Crippen LogP contribution in [0.5, 0.6) is 11.5 Å². The van der Waals surface area contributed by atoms with E-state index < -0.39 is 10.0 Å². The van der Waals surface area contributed by atoms with Gasteiger partial charge < -0.3 is 9.47 Å². The van der Waals surface area contributed by atoms with E-state index in [4.69, 9.17) is 9.47 Å². The predicted molar refractivity (Wildman–Crippen MR) is 98.1 cm³/mol. The molecular weight excluding hydrogens is 373 g/mol. The highest BCUT2D eigenvalue weighted by molar-refractivity contribution is 7.92. The highest BCUT2D eigenvalue weighted by atomic mass is 32.2. The Hall–Kier alpha value is -3.07. The fourth-order valence-electron chi connectivity index (χ4n) is 2.48. The third-order valence-corrected chi connectivity index (χ3v) is 5.21. The summed E-state index contributed by atoms with van der Waals surface area (Å²) >= 11 is 0. The summed E-state index contributed by atoms with van der Waals surface area (Å²) in [6.07, 6.45) is 2.95. The van der Waals surface area contributed by atoms with Crippen LogP contribution in [-0.2, 0) is 16.6 Å². The Balaban J connectivity index is 1.81. The van der Waals surface area contributed by atoms with Gasteiger partial charge in [0.15, 0.2) is 0 Å². The average Bonchev–Trinajstić information content (AvgIpc) is 3.09. The fraction of sp³-hybridized carbons (Fsp3) is 0.167. The van der Waals surface area contributed by atoms with E-state index in [1.54, 1.807) is 29.1 Å². The smallest absolute Gasteiger partial charge is 0.265 e. The lowest BCUT2D eigenvalue weighted by molar-refractivity contribution is 0.392. The van der Waals surface area contributed by atoms with Gasteiger partial charge in [-0.15, -0.1) is 0 Å². The number of aromatic nitrogens is 2. The van der Waals surface area contributed by atoms with Gasteiger partial charge in [-0.2, -0.15) is 5.10 Å². The fourth-order valence-corrected chi connectivity index (χ4v) is 3.70. The Morgan fingerprint density at radius 1 is 1.11 bits per heavy atom. The summed E-state index contributed by atoms with van der Waals surface area (Å²) in [5, 5.41) is 4.13. The first-order valence-corrected chi connectivity index (χ1v) is 9.41. The minimum atomic E-state index is -3.91. The number of sulfonamides is 1. The van der Waals surface area contributed by atoms with Gasteiger partial charge in [-0.3, -0.25) is 9.40 Å². The second-order valence-corrected chi connectivity index (χ2v) is 7.33. The number of ether oxygens (including phenoxy) is 2. The van der Waals surface area contributed by atoms with Gasteiger partial charge in [-0.25, -0.2) is 12.8 Å². The summed E-state index contributed by atoms with van der Waals surface area (Å²) in [5.74, 6) is 0.269.